The molecule has 0 atom stereocenters. The third-order valence-electron chi connectivity index (χ3n) is 2.32. The first-order valence-electron chi connectivity index (χ1n) is 4.60. The molecule has 2 aromatic rings. The lowest BCUT2D eigenvalue weighted by molar-refractivity contribution is 0.0601. The Morgan fingerprint density at radius 3 is 2.88 bits per heavy atom. The van der Waals surface area contributed by atoms with Gasteiger partial charge in [-0.2, -0.15) is 0 Å². The highest BCUT2D eigenvalue weighted by atomic mass is 19.3. The molecule has 0 aliphatic carbocycles. The third-order valence-corrected chi connectivity index (χ3v) is 2.32. The number of fused-ring (bicyclic) bond motifs is 1. The summed E-state index contributed by atoms with van der Waals surface area (Å²) in [6.07, 6.45) is 0.504. The molecule has 0 saturated heterocycles. The number of carbonyl (C=O) groups is 1. The van der Waals surface area contributed by atoms with Crippen molar-refractivity contribution in [3.63, 3.8) is 0 Å². The number of hydrogen-bond donors (Lipinski definition) is 0. The highest BCUT2D eigenvalue weighted by Gasteiger charge is 2.15. The molecule has 0 aliphatic rings. The predicted octanol–water partition coefficient (Wildman–Crippen LogP) is 2.66. The summed E-state index contributed by atoms with van der Waals surface area (Å²) in [4.78, 5) is 11.2. The van der Waals surface area contributed by atoms with E-state index >= 15 is 0 Å². The van der Waals surface area contributed by atoms with Gasteiger partial charge in [0, 0.05) is 18.0 Å². The lowest BCUT2D eigenvalue weighted by Gasteiger charge is -2.01. The van der Waals surface area contributed by atoms with Crippen LogP contribution in [0.2, 0.25) is 0 Å². The van der Waals surface area contributed by atoms with E-state index in [0.717, 1.165) is 0 Å². The van der Waals surface area contributed by atoms with E-state index < -0.39 is 12.4 Å². The van der Waals surface area contributed by atoms with E-state index in [1.54, 1.807) is 6.20 Å². The first-order valence-corrected chi connectivity index (χ1v) is 4.60. The minimum Gasteiger partial charge on any atom is -0.465 e. The van der Waals surface area contributed by atoms with Crippen molar-refractivity contribution in [3.8, 4) is 0 Å². The largest absolute Gasteiger partial charge is 0.465 e. The number of pyridine rings is 1. The molecule has 0 N–H and O–H groups in total. The Kier molecular flexibility index (Phi) is 2.60. The zero-order valence-corrected chi connectivity index (χ0v) is 8.48. The number of carbonyl (C=O) groups excluding carboxylic acids is 1. The van der Waals surface area contributed by atoms with Crippen molar-refractivity contribution >= 4 is 11.5 Å². The van der Waals surface area contributed by atoms with Gasteiger partial charge in [0.15, 0.2) is 0 Å². The van der Waals surface area contributed by atoms with Crippen molar-refractivity contribution in [2.45, 2.75) is 6.43 Å². The Morgan fingerprint density at radius 1 is 1.50 bits per heavy atom. The number of halogens is 2. The van der Waals surface area contributed by atoms with Crippen molar-refractivity contribution < 1.29 is 18.3 Å². The Morgan fingerprint density at radius 2 is 2.25 bits per heavy atom. The van der Waals surface area contributed by atoms with Gasteiger partial charge in [-0.15, -0.1) is 0 Å². The van der Waals surface area contributed by atoms with Crippen LogP contribution in [-0.2, 0) is 4.74 Å². The highest BCUT2D eigenvalue weighted by Crippen LogP contribution is 2.25. The number of aromatic nitrogens is 1. The average Bonchev–Trinajstić information content (AvgIpc) is 2.70. The number of methoxy groups -OCH3 is 1. The molecule has 0 saturated carbocycles. The van der Waals surface area contributed by atoms with Gasteiger partial charge in [-0.25, -0.2) is 13.6 Å². The number of ether oxygens (including phenoxy) is 1. The number of rotatable bonds is 2. The van der Waals surface area contributed by atoms with Crippen LogP contribution in [0, 0.1) is 0 Å². The zero-order valence-electron chi connectivity index (χ0n) is 8.48. The molecule has 0 unspecified atom stereocenters. The van der Waals surface area contributed by atoms with E-state index in [9.17, 15) is 13.6 Å². The van der Waals surface area contributed by atoms with Crippen LogP contribution >= 0.6 is 0 Å². The summed E-state index contributed by atoms with van der Waals surface area (Å²) in [5.41, 5.74) is 0.478. The minimum absolute atomic E-state index is 0.0994. The number of alkyl halides is 2. The predicted molar refractivity (Wildman–Crippen MR) is 53.7 cm³/mol. The molecule has 3 nitrogen and oxygen atoms in total. The summed E-state index contributed by atoms with van der Waals surface area (Å²) < 4.78 is 31.3. The summed E-state index contributed by atoms with van der Waals surface area (Å²) in [7, 11) is 1.25. The van der Waals surface area contributed by atoms with Crippen molar-refractivity contribution in [1.29, 1.82) is 0 Å². The van der Waals surface area contributed by atoms with E-state index in [4.69, 9.17) is 0 Å². The van der Waals surface area contributed by atoms with E-state index in [-0.39, 0.29) is 11.1 Å². The molecule has 84 valence electrons. The van der Waals surface area contributed by atoms with Gasteiger partial charge < -0.3 is 9.14 Å². The molecule has 0 radical (unpaired) electrons. The molecule has 5 heteroatoms. The van der Waals surface area contributed by atoms with Crippen LogP contribution in [-0.4, -0.2) is 17.5 Å². The SMILES string of the molecule is COC(=O)c1cc2c(C(F)F)cccn2c1. The minimum atomic E-state index is -2.57. The third kappa shape index (κ3) is 1.64. The topological polar surface area (TPSA) is 30.7 Å². The fourth-order valence-electron chi connectivity index (χ4n) is 1.57. The Labute approximate surface area is 90.3 Å². The van der Waals surface area contributed by atoms with E-state index in [1.807, 2.05) is 0 Å². The van der Waals surface area contributed by atoms with Crippen LogP contribution < -0.4 is 0 Å². The fourth-order valence-corrected chi connectivity index (χ4v) is 1.57. The molecule has 0 aliphatic heterocycles. The van der Waals surface area contributed by atoms with Crippen LogP contribution in [0.15, 0.2) is 30.6 Å². The normalized spacial score (nSPS) is 11.0. The molecule has 2 rings (SSSR count). The van der Waals surface area contributed by atoms with Gasteiger partial charge in [0.25, 0.3) is 6.43 Å². The molecular weight excluding hydrogens is 216 g/mol. The summed E-state index contributed by atoms with van der Waals surface area (Å²) in [5, 5.41) is 0. The van der Waals surface area contributed by atoms with Crippen LogP contribution in [0.3, 0.4) is 0 Å². The number of nitrogens with zero attached hydrogens (tertiary/aromatic N) is 1. The molecule has 0 spiro atoms. The van der Waals surface area contributed by atoms with Crippen molar-refractivity contribution in [1.82, 2.24) is 4.40 Å². The van der Waals surface area contributed by atoms with Gasteiger partial charge in [-0.05, 0) is 18.2 Å². The van der Waals surface area contributed by atoms with Crippen LogP contribution in [0.1, 0.15) is 22.3 Å². The highest BCUT2D eigenvalue weighted by molar-refractivity contribution is 5.91. The molecule has 16 heavy (non-hydrogen) atoms. The smallest absolute Gasteiger partial charge is 0.339 e. The van der Waals surface area contributed by atoms with E-state index in [2.05, 4.69) is 4.74 Å². The Bertz CT molecular complexity index is 534. The van der Waals surface area contributed by atoms with Crippen LogP contribution in [0.25, 0.3) is 5.52 Å². The molecule has 0 fully saturated rings. The second kappa shape index (κ2) is 3.92. The molecule has 0 bridgehead atoms. The van der Waals surface area contributed by atoms with Gasteiger partial charge in [0.05, 0.1) is 18.2 Å². The first kappa shape index (κ1) is 10.6. The molecule has 2 heterocycles. The van der Waals surface area contributed by atoms with Crippen molar-refractivity contribution in [3.05, 3.63) is 41.7 Å². The first-order chi connectivity index (χ1) is 7.63. The summed E-state index contributed by atoms with van der Waals surface area (Å²) >= 11 is 0. The van der Waals surface area contributed by atoms with Crippen LogP contribution in [0.4, 0.5) is 8.78 Å². The van der Waals surface area contributed by atoms with Gasteiger partial charge in [0.1, 0.15) is 0 Å². The maximum atomic E-state index is 12.7. The lowest BCUT2D eigenvalue weighted by Crippen LogP contribution is -1.98. The van der Waals surface area contributed by atoms with E-state index in [0.29, 0.717) is 5.52 Å². The molecule has 2 aromatic heterocycles. The quantitative estimate of drug-likeness (QED) is 0.735. The molecule has 0 amide bonds. The standard InChI is InChI=1S/C11H9F2NO2/c1-16-11(15)7-5-9-8(10(12)13)3-2-4-14(9)6-7/h2-6,10H,1H3. The Hall–Kier alpha value is -1.91. The van der Waals surface area contributed by atoms with Crippen molar-refractivity contribution in [2.24, 2.45) is 0 Å². The Balaban J connectivity index is 2.61. The lowest BCUT2D eigenvalue weighted by atomic mass is 10.2. The zero-order chi connectivity index (χ0) is 11.7. The van der Waals surface area contributed by atoms with Gasteiger partial charge >= 0.3 is 5.97 Å². The fraction of sp³-hybridized carbons (Fsp3) is 0.182. The maximum absolute atomic E-state index is 12.7. The van der Waals surface area contributed by atoms with E-state index in [1.165, 1.54) is 35.9 Å². The number of hydrogen-bond acceptors (Lipinski definition) is 2. The monoisotopic (exact) mass is 225 g/mol. The average molecular weight is 225 g/mol. The maximum Gasteiger partial charge on any atom is 0.339 e. The molecule has 0 aromatic carbocycles. The second-order valence-corrected chi connectivity index (χ2v) is 3.28. The number of esters is 1. The molecular formula is C11H9F2NO2. The van der Waals surface area contributed by atoms with Gasteiger partial charge in [-0.3, -0.25) is 0 Å². The van der Waals surface area contributed by atoms with Crippen molar-refractivity contribution in [2.75, 3.05) is 7.11 Å². The second-order valence-electron chi connectivity index (χ2n) is 3.28. The van der Waals surface area contributed by atoms with Crippen LogP contribution in [0.5, 0.6) is 0 Å². The summed E-state index contributed by atoms with van der Waals surface area (Å²) in [6.45, 7) is 0. The van der Waals surface area contributed by atoms with Gasteiger partial charge in [0.2, 0.25) is 0 Å². The van der Waals surface area contributed by atoms with Gasteiger partial charge in [-0.1, -0.05) is 0 Å². The summed E-state index contributed by atoms with van der Waals surface area (Å²) in [6, 6.07) is 4.24. The summed E-state index contributed by atoms with van der Waals surface area (Å²) in [5.74, 6) is -0.538.